The zero-order chi connectivity index (χ0) is 16.2. The minimum atomic E-state index is -0.779. The third-order valence-corrected chi connectivity index (χ3v) is 4.17. The second kappa shape index (κ2) is 6.84. The van der Waals surface area contributed by atoms with Gasteiger partial charge in [0, 0.05) is 18.2 Å². The Morgan fingerprint density at radius 1 is 1.17 bits per heavy atom. The summed E-state index contributed by atoms with van der Waals surface area (Å²) in [6, 6.07) is 17.3. The number of carbonyl (C=O) groups is 1. The summed E-state index contributed by atoms with van der Waals surface area (Å²) in [6.07, 6.45) is 2.14. The molecule has 4 heteroatoms. The minimum Gasteiger partial charge on any atom is -0.480 e. The van der Waals surface area contributed by atoms with Crippen LogP contribution in [0, 0.1) is 0 Å². The van der Waals surface area contributed by atoms with Crippen LogP contribution in [0.1, 0.15) is 25.3 Å². The van der Waals surface area contributed by atoms with Crippen molar-refractivity contribution in [2.24, 2.45) is 0 Å². The highest BCUT2D eigenvalue weighted by atomic mass is 16.5. The first-order chi connectivity index (χ1) is 11.1. The van der Waals surface area contributed by atoms with E-state index in [4.69, 9.17) is 4.74 Å². The van der Waals surface area contributed by atoms with Crippen molar-refractivity contribution in [1.29, 1.82) is 0 Å². The van der Waals surface area contributed by atoms with Crippen molar-refractivity contribution in [1.82, 2.24) is 4.90 Å². The van der Waals surface area contributed by atoms with Gasteiger partial charge in [0.1, 0.15) is 17.5 Å². The van der Waals surface area contributed by atoms with Crippen molar-refractivity contribution in [2.45, 2.75) is 38.4 Å². The Labute approximate surface area is 136 Å². The van der Waals surface area contributed by atoms with E-state index in [1.807, 2.05) is 54.6 Å². The maximum absolute atomic E-state index is 11.4. The third kappa shape index (κ3) is 3.90. The summed E-state index contributed by atoms with van der Waals surface area (Å²) in [5, 5.41) is 9.34. The normalized spacial score (nSPS) is 15.4. The number of para-hydroxylation sites is 2. The first-order valence-electron chi connectivity index (χ1n) is 7.94. The highest BCUT2D eigenvalue weighted by molar-refractivity contribution is 5.73. The molecule has 0 spiro atoms. The molecule has 1 saturated carbocycles. The second-order valence-corrected chi connectivity index (χ2v) is 5.94. The predicted octanol–water partition coefficient (Wildman–Crippen LogP) is 3.92. The molecule has 0 amide bonds. The van der Waals surface area contributed by atoms with Gasteiger partial charge in [0.2, 0.25) is 0 Å². The SMILES string of the molecule is CC(C(=O)O)N(Cc1ccccc1Oc1ccccc1)C1CC1. The van der Waals surface area contributed by atoms with Gasteiger partial charge in [0.05, 0.1) is 0 Å². The lowest BCUT2D eigenvalue weighted by Gasteiger charge is -2.27. The Bertz CT molecular complexity index is 667. The fourth-order valence-corrected chi connectivity index (χ4v) is 2.68. The lowest BCUT2D eigenvalue weighted by molar-refractivity contribution is -0.143. The van der Waals surface area contributed by atoms with Gasteiger partial charge in [-0.15, -0.1) is 0 Å². The van der Waals surface area contributed by atoms with Crippen LogP contribution in [0.4, 0.5) is 0 Å². The zero-order valence-corrected chi connectivity index (χ0v) is 13.2. The molecule has 1 fully saturated rings. The highest BCUT2D eigenvalue weighted by Gasteiger charge is 2.35. The average molecular weight is 311 g/mol. The fraction of sp³-hybridized carbons (Fsp3) is 0.316. The Kier molecular flexibility index (Phi) is 4.63. The van der Waals surface area contributed by atoms with Crippen LogP contribution >= 0.6 is 0 Å². The largest absolute Gasteiger partial charge is 0.480 e. The van der Waals surface area contributed by atoms with Gasteiger partial charge in [-0.1, -0.05) is 36.4 Å². The molecule has 2 aromatic rings. The summed E-state index contributed by atoms with van der Waals surface area (Å²) in [6.45, 7) is 2.34. The number of hydrogen-bond acceptors (Lipinski definition) is 3. The Balaban J connectivity index is 1.80. The number of ether oxygens (including phenoxy) is 1. The van der Waals surface area contributed by atoms with Crippen molar-refractivity contribution in [3.05, 3.63) is 60.2 Å². The minimum absolute atomic E-state index is 0.367. The Hall–Kier alpha value is -2.33. The second-order valence-electron chi connectivity index (χ2n) is 5.94. The molecule has 1 aliphatic carbocycles. The molecule has 0 bridgehead atoms. The van der Waals surface area contributed by atoms with E-state index in [-0.39, 0.29) is 0 Å². The summed E-state index contributed by atoms with van der Waals surface area (Å²) < 4.78 is 5.98. The van der Waals surface area contributed by atoms with Crippen LogP contribution in [0.15, 0.2) is 54.6 Å². The van der Waals surface area contributed by atoms with Crippen molar-refractivity contribution >= 4 is 5.97 Å². The summed E-state index contributed by atoms with van der Waals surface area (Å²) in [5.41, 5.74) is 1.01. The molecule has 1 aliphatic rings. The van der Waals surface area contributed by atoms with Crippen LogP contribution in [0.2, 0.25) is 0 Å². The Morgan fingerprint density at radius 3 is 2.48 bits per heavy atom. The molecule has 0 aromatic heterocycles. The Morgan fingerprint density at radius 2 is 1.83 bits per heavy atom. The summed E-state index contributed by atoms with van der Waals surface area (Å²) in [5.74, 6) is 0.782. The first-order valence-corrected chi connectivity index (χ1v) is 7.94. The van der Waals surface area contributed by atoms with Crippen molar-refractivity contribution < 1.29 is 14.6 Å². The summed E-state index contributed by atoms with van der Waals surface area (Å²) in [4.78, 5) is 13.4. The fourth-order valence-electron chi connectivity index (χ4n) is 2.68. The van der Waals surface area contributed by atoms with Gasteiger partial charge in [-0.2, -0.15) is 0 Å². The molecule has 1 atom stereocenters. The maximum Gasteiger partial charge on any atom is 0.320 e. The van der Waals surface area contributed by atoms with E-state index < -0.39 is 12.0 Å². The molecule has 120 valence electrons. The number of benzene rings is 2. The monoisotopic (exact) mass is 311 g/mol. The van der Waals surface area contributed by atoms with Gasteiger partial charge in [-0.05, 0) is 38.0 Å². The van der Waals surface area contributed by atoms with E-state index >= 15 is 0 Å². The van der Waals surface area contributed by atoms with Crippen molar-refractivity contribution in [2.75, 3.05) is 0 Å². The van der Waals surface area contributed by atoms with Gasteiger partial charge in [0.15, 0.2) is 0 Å². The topological polar surface area (TPSA) is 49.8 Å². The van der Waals surface area contributed by atoms with Crippen LogP contribution in [-0.4, -0.2) is 28.1 Å². The lowest BCUT2D eigenvalue weighted by atomic mass is 10.1. The van der Waals surface area contributed by atoms with E-state index in [1.54, 1.807) is 6.92 Å². The van der Waals surface area contributed by atoms with Crippen LogP contribution in [0.3, 0.4) is 0 Å². The van der Waals surface area contributed by atoms with E-state index in [2.05, 4.69) is 4.90 Å². The molecule has 3 rings (SSSR count). The third-order valence-electron chi connectivity index (χ3n) is 4.17. The van der Waals surface area contributed by atoms with E-state index in [9.17, 15) is 9.90 Å². The summed E-state index contributed by atoms with van der Waals surface area (Å²) >= 11 is 0. The molecule has 0 aliphatic heterocycles. The maximum atomic E-state index is 11.4. The molecule has 0 saturated heterocycles. The van der Waals surface area contributed by atoms with E-state index in [1.165, 1.54) is 0 Å². The van der Waals surface area contributed by atoms with Gasteiger partial charge >= 0.3 is 5.97 Å². The van der Waals surface area contributed by atoms with Crippen molar-refractivity contribution in [3.63, 3.8) is 0 Å². The number of rotatable bonds is 7. The highest BCUT2D eigenvalue weighted by Crippen LogP contribution is 2.33. The van der Waals surface area contributed by atoms with Gasteiger partial charge in [0.25, 0.3) is 0 Å². The number of carboxylic acid groups (broad SMARTS) is 1. The van der Waals surface area contributed by atoms with Gasteiger partial charge in [-0.25, -0.2) is 0 Å². The van der Waals surface area contributed by atoms with Gasteiger partial charge in [-0.3, -0.25) is 9.69 Å². The molecule has 23 heavy (non-hydrogen) atoms. The van der Waals surface area contributed by atoms with Crippen LogP contribution in [0.25, 0.3) is 0 Å². The smallest absolute Gasteiger partial charge is 0.320 e. The quantitative estimate of drug-likeness (QED) is 0.842. The van der Waals surface area contributed by atoms with E-state index in [0.29, 0.717) is 12.6 Å². The zero-order valence-electron chi connectivity index (χ0n) is 13.2. The number of nitrogens with zero attached hydrogens (tertiary/aromatic N) is 1. The molecular weight excluding hydrogens is 290 g/mol. The predicted molar refractivity (Wildman–Crippen MR) is 88.6 cm³/mol. The number of carboxylic acids is 1. The molecule has 2 aromatic carbocycles. The number of aliphatic carboxylic acids is 1. The molecule has 4 nitrogen and oxygen atoms in total. The molecular formula is C19H21NO3. The standard InChI is InChI=1S/C19H21NO3/c1-14(19(21)22)20(16-11-12-16)13-15-7-5-6-10-18(15)23-17-8-3-2-4-9-17/h2-10,14,16H,11-13H2,1H3,(H,21,22). The molecule has 1 N–H and O–H groups in total. The molecule has 0 radical (unpaired) electrons. The number of hydrogen-bond donors (Lipinski definition) is 1. The molecule has 1 unspecified atom stereocenters. The van der Waals surface area contributed by atoms with Gasteiger partial charge < -0.3 is 9.84 Å². The van der Waals surface area contributed by atoms with E-state index in [0.717, 1.165) is 29.9 Å². The van der Waals surface area contributed by atoms with Crippen LogP contribution in [0.5, 0.6) is 11.5 Å². The van der Waals surface area contributed by atoms with Crippen molar-refractivity contribution in [3.8, 4) is 11.5 Å². The summed E-state index contributed by atoms with van der Waals surface area (Å²) in [7, 11) is 0. The van der Waals surface area contributed by atoms with Crippen LogP contribution < -0.4 is 4.74 Å². The average Bonchev–Trinajstić information content (AvgIpc) is 3.39. The lowest BCUT2D eigenvalue weighted by Crippen LogP contribution is -2.40. The first kappa shape index (κ1) is 15.6. The van der Waals surface area contributed by atoms with Crippen LogP contribution in [-0.2, 0) is 11.3 Å². The molecule has 0 heterocycles.